The number of carboxylic acid groups (broad SMARTS) is 1. The highest BCUT2D eigenvalue weighted by Crippen LogP contribution is 2.03. The highest BCUT2D eigenvalue weighted by atomic mass is 16.4. The minimum atomic E-state index is -0.808. The van der Waals surface area contributed by atoms with Crippen LogP contribution in [0, 0.1) is 0 Å². The number of hydrogen-bond donors (Lipinski definition) is 1. The molecule has 98 valence electrons. The van der Waals surface area contributed by atoms with Crippen molar-refractivity contribution in [2.75, 3.05) is 53.4 Å². The van der Waals surface area contributed by atoms with Crippen LogP contribution in [0.3, 0.4) is 0 Å². The zero-order valence-electron chi connectivity index (χ0n) is 10.6. The fourth-order valence-corrected chi connectivity index (χ4v) is 1.82. The van der Waals surface area contributed by atoms with E-state index in [9.17, 15) is 9.59 Å². The molecule has 1 rings (SSSR count). The number of rotatable bonds is 5. The van der Waals surface area contributed by atoms with Crippen LogP contribution < -0.4 is 0 Å². The van der Waals surface area contributed by atoms with Crippen LogP contribution in [0.2, 0.25) is 0 Å². The molecule has 6 nitrogen and oxygen atoms in total. The predicted octanol–water partition coefficient (Wildman–Crippen LogP) is -0.833. The quantitative estimate of drug-likeness (QED) is 0.682. The largest absolute Gasteiger partial charge is 0.480 e. The Morgan fingerprint density at radius 2 is 1.76 bits per heavy atom. The Morgan fingerprint density at radius 3 is 2.24 bits per heavy atom. The molecule has 6 heteroatoms. The average Bonchev–Trinajstić information content (AvgIpc) is 2.26. The van der Waals surface area contributed by atoms with E-state index in [4.69, 9.17) is 5.11 Å². The van der Waals surface area contributed by atoms with Crippen molar-refractivity contribution in [3.63, 3.8) is 0 Å². The summed E-state index contributed by atoms with van der Waals surface area (Å²) >= 11 is 0. The number of hydrogen-bond acceptors (Lipinski definition) is 4. The molecular formula is C11H21N3O3. The van der Waals surface area contributed by atoms with E-state index < -0.39 is 5.97 Å². The summed E-state index contributed by atoms with van der Waals surface area (Å²) in [5.74, 6) is -0.647. The van der Waals surface area contributed by atoms with E-state index in [1.807, 2.05) is 28.8 Å². The first kappa shape index (κ1) is 13.9. The van der Waals surface area contributed by atoms with Gasteiger partial charge in [0.2, 0.25) is 5.91 Å². The van der Waals surface area contributed by atoms with Crippen molar-refractivity contribution in [2.45, 2.75) is 6.42 Å². The molecule has 1 aliphatic heterocycles. The van der Waals surface area contributed by atoms with Crippen molar-refractivity contribution in [1.29, 1.82) is 0 Å². The standard InChI is InChI=1S/C11H21N3O3/c1-12(2)4-3-10(15)14-7-5-13(6-8-14)9-11(16)17/h3-9H2,1-2H3,(H,16,17). The van der Waals surface area contributed by atoms with E-state index in [1.54, 1.807) is 0 Å². The van der Waals surface area contributed by atoms with E-state index in [-0.39, 0.29) is 12.5 Å². The third-order valence-corrected chi connectivity index (χ3v) is 2.86. The molecule has 0 spiro atoms. The Hall–Kier alpha value is -1.14. The number of carbonyl (C=O) groups excluding carboxylic acids is 1. The van der Waals surface area contributed by atoms with Gasteiger partial charge in [-0.2, -0.15) is 0 Å². The summed E-state index contributed by atoms with van der Waals surface area (Å²) < 4.78 is 0. The summed E-state index contributed by atoms with van der Waals surface area (Å²) in [4.78, 5) is 28.0. The number of aliphatic carboxylic acids is 1. The van der Waals surface area contributed by atoms with Crippen LogP contribution in [0.15, 0.2) is 0 Å². The minimum absolute atomic E-state index is 0.0692. The lowest BCUT2D eigenvalue weighted by molar-refractivity contribution is -0.139. The van der Waals surface area contributed by atoms with Crippen LogP contribution in [0.25, 0.3) is 0 Å². The summed E-state index contributed by atoms with van der Waals surface area (Å²) in [5.41, 5.74) is 0. The summed E-state index contributed by atoms with van der Waals surface area (Å²) in [6.07, 6.45) is 0.534. The number of carbonyl (C=O) groups is 2. The molecule has 0 unspecified atom stereocenters. The zero-order chi connectivity index (χ0) is 12.8. The number of nitrogens with zero attached hydrogens (tertiary/aromatic N) is 3. The van der Waals surface area contributed by atoms with Crippen molar-refractivity contribution in [2.24, 2.45) is 0 Å². The van der Waals surface area contributed by atoms with Gasteiger partial charge in [0.05, 0.1) is 6.54 Å². The lowest BCUT2D eigenvalue weighted by Crippen LogP contribution is -2.50. The molecule has 0 aliphatic carbocycles. The van der Waals surface area contributed by atoms with Crippen LogP contribution in [0.5, 0.6) is 0 Å². The molecule has 0 aromatic carbocycles. The van der Waals surface area contributed by atoms with Crippen LogP contribution in [0.1, 0.15) is 6.42 Å². The normalized spacial score (nSPS) is 17.5. The Labute approximate surface area is 102 Å². The maximum absolute atomic E-state index is 11.8. The van der Waals surface area contributed by atoms with Crippen molar-refractivity contribution < 1.29 is 14.7 Å². The highest BCUT2D eigenvalue weighted by Gasteiger charge is 2.21. The van der Waals surface area contributed by atoms with Gasteiger partial charge < -0.3 is 14.9 Å². The Balaban J connectivity index is 2.26. The van der Waals surface area contributed by atoms with Gasteiger partial charge in [0.25, 0.3) is 0 Å². The van der Waals surface area contributed by atoms with Gasteiger partial charge in [-0.25, -0.2) is 0 Å². The number of carboxylic acids is 1. The van der Waals surface area contributed by atoms with E-state index >= 15 is 0 Å². The third kappa shape index (κ3) is 5.14. The maximum Gasteiger partial charge on any atom is 0.317 e. The molecule has 1 heterocycles. The molecule has 0 aromatic rings. The SMILES string of the molecule is CN(C)CCC(=O)N1CCN(CC(=O)O)CC1. The van der Waals surface area contributed by atoms with Crippen molar-refractivity contribution >= 4 is 11.9 Å². The molecule has 1 N–H and O–H groups in total. The summed E-state index contributed by atoms with van der Waals surface area (Å²) in [6, 6.07) is 0. The minimum Gasteiger partial charge on any atom is -0.480 e. The van der Waals surface area contributed by atoms with Crippen molar-refractivity contribution in [3.8, 4) is 0 Å². The van der Waals surface area contributed by atoms with Gasteiger partial charge >= 0.3 is 5.97 Å². The summed E-state index contributed by atoms with van der Waals surface area (Å²) in [6.45, 7) is 3.41. The molecular weight excluding hydrogens is 222 g/mol. The first-order chi connectivity index (χ1) is 7.99. The second-order valence-electron chi connectivity index (χ2n) is 4.60. The lowest BCUT2D eigenvalue weighted by atomic mass is 10.2. The Morgan fingerprint density at radius 1 is 1.18 bits per heavy atom. The number of amides is 1. The van der Waals surface area contributed by atoms with E-state index in [0.29, 0.717) is 32.6 Å². The highest BCUT2D eigenvalue weighted by molar-refractivity contribution is 5.76. The van der Waals surface area contributed by atoms with E-state index in [2.05, 4.69) is 0 Å². The second-order valence-corrected chi connectivity index (χ2v) is 4.60. The Kier molecular flexibility index (Phi) is 5.37. The first-order valence-corrected chi connectivity index (χ1v) is 5.85. The van der Waals surface area contributed by atoms with Gasteiger partial charge in [-0.1, -0.05) is 0 Å². The third-order valence-electron chi connectivity index (χ3n) is 2.86. The molecule has 1 aliphatic rings. The summed E-state index contributed by atoms with van der Waals surface area (Å²) in [7, 11) is 3.89. The monoisotopic (exact) mass is 243 g/mol. The van der Waals surface area contributed by atoms with Gasteiger partial charge in [-0.05, 0) is 14.1 Å². The molecule has 0 saturated carbocycles. The molecule has 1 saturated heterocycles. The van der Waals surface area contributed by atoms with Gasteiger partial charge in [-0.3, -0.25) is 14.5 Å². The topological polar surface area (TPSA) is 64.1 Å². The van der Waals surface area contributed by atoms with E-state index in [0.717, 1.165) is 6.54 Å². The first-order valence-electron chi connectivity index (χ1n) is 5.85. The maximum atomic E-state index is 11.8. The molecule has 0 bridgehead atoms. The molecule has 0 atom stereocenters. The molecule has 0 aromatic heterocycles. The Bertz CT molecular complexity index is 273. The number of piperazine rings is 1. The van der Waals surface area contributed by atoms with Gasteiger partial charge in [0, 0.05) is 39.1 Å². The van der Waals surface area contributed by atoms with Crippen LogP contribution in [-0.2, 0) is 9.59 Å². The van der Waals surface area contributed by atoms with Crippen LogP contribution >= 0.6 is 0 Å². The van der Waals surface area contributed by atoms with Gasteiger partial charge in [-0.15, -0.1) is 0 Å². The zero-order valence-corrected chi connectivity index (χ0v) is 10.6. The summed E-state index contributed by atoms with van der Waals surface area (Å²) in [5, 5.41) is 8.66. The molecule has 0 radical (unpaired) electrons. The average molecular weight is 243 g/mol. The van der Waals surface area contributed by atoms with Gasteiger partial charge in [0.15, 0.2) is 0 Å². The van der Waals surface area contributed by atoms with Crippen molar-refractivity contribution in [1.82, 2.24) is 14.7 Å². The molecule has 17 heavy (non-hydrogen) atoms. The van der Waals surface area contributed by atoms with E-state index in [1.165, 1.54) is 0 Å². The molecule has 1 fully saturated rings. The fraction of sp³-hybridized carbons (Fsp3) is 0.818. The second kappa shape index (κ2) is 6.56. The van der Waals surface area contributed by atoms with Crippen molar-refractivity contribution in [3.05, 3.63) is 0 Å². The van der Waals surface area contributed by atoms with Gasteiger partial charge in [0.1, 0.15) is 0 Å². The fourth-order valence-electron chi connectivity index (χ4n) is 1.82. The van der Waals surface area contributed by atoms with Crippen LogP contribution in [-0.4, -0.2) is 85.0 Å². The molecule has 1 amide bonds. The predicted molar refractivity (Wildman–Crippen MR) is 63.8 cm³/mol. The smallest absolute Gasteiger partial charge is 0.317 e. The lowest BCUT2D eigenvalue weighted by Gasteiger charge is -2.34. The van der Waals surface area contributed by atoms with Crippen LogP contribution in [0.4, 0.5) is 0 Å².